The lowest BCUT2D eigenvalue weighted by Crippen LogP contribution is -2.01. The number of hydrogen-bond donors (Lipinski definition) is 2. The molecule has 0 radical (unpaired) electrons. The van der Waals surface area contributed by atoms with E-state index in [1.54, 1.807) is 37.3 Å². The van der Waals surface area contributed by atoms with Crippen molar-refractivity contribution in [1.82, 2.24) is 0 Å². The van der Waals surface area contributed by atoms with E-state index in [1.807, 2.05) is 6.07 Å². The number of aromatic hydroxyl groups is 2. The van der Waals surface area contributed by atoms with Gasteiger partial charge in [-0.15, -0.1) is 0 Å². The summed E-state index contributed by atoms with van der Waals surface area (Å²) in [6.45, 7) is 1.77. The second-order valence-electron chi connectivity index (χ2n) is 4.58. The van der Waals surface area contributed by atoms with Gasteiger partial charge in [-0.25, -0.2) is 4.79 Å². The van der Waals surface area contributed by atoms with Crippen LogP contribution >= 0.6 is 0 Å². The van der Waals surface area contributed by atoms with Gasteiger partial charge in [-0.05, 0) is 24.1 Å². The maximum absolute atomic E-state index is 11.8. The highest BCUT2D eigenvalue weighted by Gasteiger charge is 2.19. The molecular formula is C16H12O4. The Morgan fingerprint density at radius 3 is 2.40 bits per heavy atom. The first-order valence-corrected chi connectivity index (χ1v) is 6.13. The van der Waals surface area contributed by atoms with Crippen LogP contribution in [0.25, 0.3) is 22.1 Å². The minimum Gasteiger partial charge on any atom is -0.507 e. The van der Waals surface area contributed by atoms with E-state index in [0.717, 1.165) is 0 Å². The van der Waals surface area contributed by atoms with Gasteiger partial charge in [0.15, 0.2) is 0 Å². The highest BCUT2D eigenvalue weighted by molar-refractivity contribution is 6.01. The predicted octanol–water partition coefficient (Wildman–Crippen LogP) is 3.18. The van der Waals surface area contributed by atoms with Crippen LogP contribution in [0, 0.1) is 6.92 Å². The first-order chi connectivity index (χ1) is 9.59. The molecule has 0 saturated heterocycles. The van der Waals surface area contributed by atoms with Crippen molar-refractivity contribution >= 4 is 11.0 Å². The Bertz CT molecular complexity index is 848. The Kier molecular flexibility index (Phi) is 2.71. The molecule has 0 saturated carbocycles. The lowest BCUT2D eigenvalue weighted by molar-refractivity contribution is 0.427. The van der Waals surface area contributed by atoms with Crippen molar-refractivity contribution < 1.29 is 14.6 Å². The van der Waals surface area contributed by atoms with Crippen LogP contribution in [0.3, 0.4) is 0 Å². The second kappa shape index (κ2) is 4.42. The molecule has 2 aromatic carbocycles. The Morgan fingerprint density at radius 1 is 1.00 bits per heavy atom. The van der Waals surface area contributed by atoms with Crippen LogP contribution in [0.2, 0.25) is 0 Å². The molecular weight excluding hydrogens is 256 g/mol. The minimum atomic E-state index is -0.815. The molecule has 0 atom stereocenters. The summed E-state index contributed by atoms with van der Waals surface area (Å²) in [6.07, 6.45) is 0. The first-order valence-electron chi connectivity index (χ1n) is 6.13. The molecule has 1 heterocycles. The van der Waals surface area contributed by atoms with Gasteiger partial charge in [-0.2, -0.15) is 0 Å². The van der Waals surface area contributed by atoms with Crippen molar-refractivity contribution in [2.24, 2.45) is 0 Å². The van der Waals surface area contributed by atoms with Gasteiger partial charge in [0.1, 0.15) is 11.3 Å². The van der Waals surface area contributed by atoms with Gasteiger partial charge in [-0.3, -0.25) is 0 Å². The van der Waals surface area contributed by atoms with Gasteiger partial charge >= 0.3 is 5.63 Å². The fraction of sp³-hybridized carbons (Fsp3) is 0.0625. The van der Waals surface area contributed by atoms with Crippen molar-refractivity contribution in [3.8, 4) is 22.6 Å². The topological polar surface area (TPSA) is 70.7 Å². The van der Waals surface area contributed by atoms with Crippen molar-refractivity contribution in [2.75, 3.05) is 0 Å². The van der Waals surface area contributed by atoms with Gasteiger partial charge in [0.25, 0.3) is 0 Å². The number of fused-ring (bicyclic) bond motifs is 1. The van der Waals surface area contributed by atoms with E-state index in [2.05, 4.69) is 0 Å². The standard InChI is InChI=1S/C16H12O4/c1-9-7-8-11(17)13-12(10-5-3-2-4-6-10)14(18)16(19)20-15(9)13/h2-8,17-18H,1H3. The summed E-state index contributed by atoms with van der Waals surface area (Å²) in [4.78, 5) is 11.8. The largest absolute Gasteiger partial charge is 0.507 e. The van der Waals surface area contributed by atoms with E-state index >= 15 is 0 Å². The summed E-state index contributed by atoms with van der Waals surface area (Å²) < 4.78 is 5.10. The van der Waals surface area contributed by atoms with Gasteiger partial charge in [0.05, 0.1) is 5.39 Å². The molecule has 0 unspecified atom stereocenters. The van der Waals surface area contributed by atoms with Gasteiger partial charge in [0.2, 0.25) is 5.75 Å². The Balaban J connectivity index is 2.56. The van der Waals surface area contributed by atoms with Crippen molar-refractivity contribution in [3.63, 3.8) is 0 Å². The minimum absolute atomic E-state index is 0.0384. The molecule has 100 valence electrons. The van der Waals surface area contributed by atoms with Crippen LogP contribution in [-0.4, -0.2) is 10.2 Å². The Morgan fingerprint density at radius 2 is 1.70 bits per heavy atom. The molecule has 0 fully saturated rings. The van der Waals surface area contributed by atoms with Crippen LogP contribution in [0.1, 0.15) is 5.56 Å². The fourth-order valence-corrected chi connectivity index (χ4v) is 2.30. The highest BCUT2D eigenvalue weighted by Crippen LogP contribution is 2.39. The van der Waals surface area contributed by atoms with E-state index in [1.165, 1.54) is 6.07 Å². The Hall–Kier alpha value is -2.75. The average Bonchev–Trinajstić information content (AvgIpc) is 2.46. The summed E-state index contributed by atoms with van der Waals surface area (Å²) in [6, 6.07) is 12.1. The van der Waals surface area contributed by atoms with Gasteiger partial charge in [-0.1, -0.05) is 36.4 Å². The van der Waals surface area contributed by atoms with Crippen LogP contribution in [0.4, 0.5) is 0 Å². The maximum Gasteiger partial charge on any atom is 0.379 e. The fourth-order valence-electron chi connectivity index (χ4n) is 2.30. The van der Waals surface area contributed by atoms with E-state index in [0.29, 0.717) is 16.5 Å². The molecule has 0 aliphatic carbocycles. The lowest BCUT2D eigenvalue weighted by atomic mass is 9.99. The van der Waals surface area contributed by atoms with E-state index < -0.39 is 11.4 Å². The third-order valence-electron chi connectivity index (χ3n) is 3.27. The average molecular weight is 268 g/mol. The SMILES string of the molecule is Cc1ccc(O)c2c(-c3ccccc3)c(O)c(=O)oc12. The van der Waals surface area contributed by atoms with Crippen molar-refractivity contribution in [2.45, 2.75) is 6.92 Å². The molecule has 3 aromatic rings. The molecule has 20 heavy (non-hydrogen) atoms. The molecule has 0 bridgehead atoms. The molecule has 0 amide bonds. The van der Waals surface area contributed by atoms with E-state index in [4.69, 9.17) is 4.42 Å². The maximum atomic E-state index is 11.8. The van der Waals surface area contributed by atoms with Crippen molar-refractivity contribution in [1.29, 1.82) is 0 Å². The molecule has 4 heteroatoms. The molecule has 1 aromatic heterocycles. The zero-order chi connectivity index (χ0) is 14.3. The molecule has 0 spiro atoms. The van der Waals surface area contributed by atoms with Crippen LogP contribution < -0.4 is 5.63 Å². The normalized spacial score (nSPS) is 10.8. The second-order valence-corrected chi connectivity index (χ2v) is 4.58. The summed E-state index contributed by atoms with van der Waals surface area (Å²) in [5, 5.41) is 20.5. The van der Waals surface area contributed by atoms with Crippen LogP contribution in [-0.2, 0) is 0 Å². The van der Waals surface area contributed by atoms with Crippen LogP contribution in [0.15, 0.2) is 51.7 Å². The highest BCUT2D eigenvalue weighted by atomic mass is 16.4. The van der Waals surface area contributed by atoms with Gasteiger partial charge in [0, 0.05) is 5.56 Å². The number of phenols is 1. The van der Waals surface area contributed by atoms with E-state index in [9.17, 15) is 15.0 Å². The summed E-state index contributed by atoms with van der Waals surface area (Å²) in [5.74, 6) is -0.534. The monoisotopic (exact) mass is 268 g/mol. The number of rotatable bonds is 1. The summed E-state index contributed by atoms with van der Waals surface area (Å²) in [7, 11) is 0. The summed E-state index contributed by atoms with van der Waals surface area (Å²) >= 11 is 0. The number of phenolic OH excluding ortho intramolecular Hbond substituents is 1. The lowest BCUT2D eigenvalue weighted by Gasteiger charge is -2.10. The molecule has 4 nitrogen and oxygen atoms in total. The molecule has 3 rings (SSSR count). The number of hydrogen-bond acceptors (Lipinski definition) is 4. The molecule has 0 aliphatic heterocycles. The van der Waals surface area contributed by atoms with Crippen LogP contribution in [0.5, 0.6) is 11.5 Å². The van der Waals surface area contributed by atoms with Gasteiger partial charge < -0.3 is 14.6 Å². The first kappa shape index (κ1) is 12.3. The molecule has 2 N–H and O–H groups in total. The van der Waals surface area contributed by atoms with E-state index in [-0.39, 0.29) is 16.9 Å². The third-order valence-corrected chi connectivity index (χ3v) is 3.27. The third kappa shape index (κ3) is 1.73. The predicted molar refractivity (Wildman–Crippen MR) is 76.0 cm³/mol. The summed E-state index contributed by atoms with van der Waals surface area (Å²) in [5.41, 5.74) is 1.12. The quantitative estimate of drug-likeness (QED) is 0.665. The zero-order valence-corrected chi connectivity index (χ0v) is 10.8. The Labute approximate surface area is 114 Å². The zero-order valence-electron chi connectivity index (χ0n) is 10.8. The van der Waals surface area contributed by atoms with Crippen molar-refractivity contribution in [3.05, 3.63) is 58.4 Å². The molecule has 0 aliphatic rings. The number of benzene rings is 2. The smallest absolute Gasteiger partial charge is 0.379 e. The number of aryl methyl sites for hydroxylation is 1.